The lowest BCUT2D eigenvalue weighted by atomic mass is 10.2. The molecule has 6 nitrogen and oxygen atoms in total. The van der Waals surface area contributed by atoms with Crippen LogP contribution in [0.2, 0.25) is 0 Å². The van der Waals surface area contributed by atoms with Crippen LogP contribution in [0.5, 0.6) is 0 Å². The Kier molecular flexibility index (Phi) is 4.50. The van der Waals surface area contributed by atoms with E-state index in [1.165, 1.54) is 0 Å². The van der Waals surface area contributed by atoms with Crippen molar-refractivity contribution in [2.75, 3.05) is 16.8 Å². The summed E-state index contributed by atoms with van der Waals surface area (Å²) in [7, 11) is 0. The second-order valence-electron chi connectivity index (χ2n) is 5.62. The lowest BCUT2D eigenvalue weighted by Crippen LogP contribution is -2.28. The minimum atomic E-state index is 0.00156. The molecule has 2 aromatic rings. The van der Waals surface area contributed by atoms with Gasteiger partial charge < -0.3 is 10.2 Å². The Bertz CT molecular complexity index is 689. The summed E-state index contributed by atoms with van der Waals surface area (Å²) in [5.41, 5.74) is 2.83. The molecule has 2 heterocycles. The number of hydrogen-bond acceptors (Lipinski definition) is 5. The number of benzene rings is 1. The zero-order chi connectivity index (χ0) is 16.2. The van der Waals surface area contributed by atoms with Crippen LogP contribution >= 0.6 is 0 Å². The lowest BCUT2D eigenvalue weighted by Gasteiger charge is -2.17. The van der Waals surface area contributed by atoms with Crippen molar-refractivity contribution in [1.82, 2.24) is 15.2 Å². The molecule has 0 radical (unpaired) electrons. The standard InChI is InChI=1S/C17H21N5O/c1-3-14-15(4-2)20-21-17(19-14)18-12-10-16(23)22(11-12)13-8-6-5-7-9-13/h5-9,12H,3-4,10-11H2,1-2H3,(H,18,19,21). The molecule has 1 N–H and O–H groups in total. The Balaban J connectivity index is 1.71. The molecule has 120 valence electrons. The SMILES string of the molecule is CCc1nnc(NC2CC(=O)N(c3ccccc3)C2)nc1CC. The molecule has 1 atom stereocenters. The van der Waals surface area contributed by atoms with Gasteiger partial charge in [0.15, 0.2) is 0 Å². The molecule has 0 bridgehead atoms. The van der Waals surface area contributed by atoms with Gasteiger partial charge in [-0.3, -0.25) is 4.79 Å². The summed E-state index contributed by atoms with van der Waals surface area (Å²) in [5, 5.41) is 11.6. The summed E-state index contributed by atoms with van der Waals surface area (Å²) in [6, 6.07) is 9.72. The maximum absolute atomic E-state index is 12.2. The van der Waals surface area contributed by atoms with Crippen molar-refractivity contribution < 1.29 is 4.79 Å². The minimum Gasteiger partial charge on any atom is -0.348 e. The largest absolute Gasteiger partial charge is 0.348 e. The fraction of sp³-hybridized carbons (Fsp3) is 0.412. The molecular formula is C17H21N5O. The van der Waals surface area contributed by atoms with E-state index in [9.17, 15) is 4.79 Å². The van der Waals surface area contributed by atoms with Crippen LogP contribution in [0.15, 0.2) is 30.3 Å². The summed E-state index contributed by atoms with van der Waals surface area (Å²) >= 11 is 0. The van der Waals surface area contributed by atoms with Gasteiger partial charge in [-0.15, -0.1) is 5.10 Å². The normalized spacial score (nSPS) is 17.6. The number of anilines is 2. The first-order chi connectivity index (χ1) is 11.2. The zero-order valence-electron chi connectivity index (χ0n) is 13.5. The second-order valence-corrected chi connectivity index (χ2v) is 5.62. The Morgan fingerprint density at radius 3 is 2.57 bits per heavy atom. The number of para-hydroxylation sites is 1. The highest BCUT2D eigenvalue weighted by molar-refractivity contribution is 5.96. The molecule has 0 aliphatic carbocycles. The second kappa shape index (κ2) is 6.73. The molecule has 1 amide bonds. The summed E-state index contributed by atoms with van der Waals surface area (Å²) in [6.45, 7) is 4.72. The fourth-order valence-electron chi connectivity index (χ4n) is 2.84. The van der Waals surface area contributed by atoms with Crippen molar-refractivity contribution in [3.63, 3.8) is 0 Å². The topological polar surface area (TPSA) is 71.0 Å². The van der Waals surface area contributed by atoms with E-state index in [1.807, 2.05) is 37.3 Å². The van der Waals surface area contributed by atoms with Gasteiger partial charge in [-0.25, -0.2) is 4.98 Å². The molecule has 1 aromatic carbocycles. The molecule has 3 rings (SSSR count). The number of nitrogens with zero attached hydrogens (tertiary/aromatic N) is 4. The lowest BCUT2D eigenvalue weighted by molar-refractivity contribution is -0.117. The van der Waals surface area contributed by atoms with Crippen LogP contribution in [0.25, 0.3) is 0 Å². The van der Waals surface area contributed by atoms with Gasteiger partial charge in [-0.1, -0.05) is 32.0 Å². The van der Waals surface area contributed by atoms with E-state index in [0.717, 1.165) is 29.9 Å². The third kappa shape index (κ3) is 3.31. The van der Waals surface area contributed by atoms with E-state index >= 15 is 0 Å². The van der Waals surface area contributed by atoms with Crippen LogP contribution in [0, 0.1) is 0 Å². The van der Waals surface area contributed by atoms with E-state index in [4.69, 9.17) is 0 Å². The zero-order valence-corrected chi connectivity index (χ0v) is 13.5. The fourth-order valence-corrected chi connectivity index (χ4v) is 2.84. The number of amides is 1. The summed E-state index contributed by atoms with van der Waals surface area (Å²) in [4.78, 5) is 18.6. The van der Waals surface area contributed by atoms with Gasteiger partial charge in [0.2, 0.25) is 11.9 Å². The number of hydrogen-bond donors (Lipinski definition) is 1. The highest BCUT2D eigenvalue weighted by Gasteiger charge is 2.31. The summed E-state index contributed by atoms with van der Waals surface area (Å²) in [5.74, 6) is 0.620. The molecule has 1 aliphatic heterocycles. The maximum Gasteiger partial charge on any atom is 0.243 e. The summed E-state index contributed by atoms with van der Waals surface area (Å²) < 4.78 is 0. The van der Waals surface area contributed by atoms with Crippen molar-refractivity contribution in [3.05, 3.63) is 41.7 Å². The van der Waals surface area contributed by atoms with E-state index in [0.29, 0.717) is 18.9 Å². The van der Waals surface area contributed by atoms with Crippen LogP contribution < -0.4 is 10.2 Å². The number of rotatable bonds is 5. The monoisotopic (exact) mass is 311 g/mol. The molecular weight excluding hydrogens is 290 g/mol. The number of carbonyl (C=O) groups is 1. The van der Waals surface area contributed by atoms with E-state index < -0.39 is 0 Å². The molecule has 6 heteroatoms. The number of aryl methyl sites for hydroxylation is 2. The predicted octanol–water partition coefficient (Wildman–Crippen LogP) is 2.21. The third-order valence-electron chi connectivity index (χ3n) is 4.04. The molecule has 1 unspecified atom stereocenters. The van der Waals surface area contributed by atoms with Crippen molar-refractivity contribution >= 4 is 17.5 Å². The molecule has 0 spiro atoms. The van der Waals surface area contributed by atoms with Crippen molar-refractivity contribution in [3.8, 4) is 0 Å². The number of aromatic nitrogens is 3. The highest BCUT2D eigenvalue weighted by Crippen LogP contribution is 2.22. The van der Waals surface area contributed by atoms with Crippen molar-refractivity contribution in [2.45, 2.75) is 39.2 Å². The molecule has 0 saturated carbocycles. The van der Waals surface area contributed by atoms with Gasteiger partial charge in [0.05, 0.1) is 17.4 Å². The molecule has 1 aromatic heterocycles. The Morgan fingerprint density at radius 1 is 1.13 bits per heavy atom. The molecule has 23 heavy (non-hydrogen) atoms. The van der Waals surface area contributed by atoms with Gasteiger partial charge in [-0.2, -0.15) is 5.10 Å². The maximum atomic E-state index is 12.2. The van der Waals surface area contributed by atoms with Crippen molar-refractivity contribution in [1.29, 1.82) is 0 Å². The van der Waals surface area contributed by atoms with Gasteiger partial charge in [0.1, 0.15) is 0 Å². The van der Waals surface area contributed by atoms with Gasteiger partial charge in [0, 0.05) is 18.7 Å². The summed E-state index contributed by atoms with van der Waals surface area (Å²) in [6.07, 6.45) is 2.09. The van der Waals surface area contributed by atoms with E-state index in [2.05, 4.69) is 27.4 Å². The smallest absolute Gasteiger partial charge is 0.243 e. The molecule has 1 aliphatic rings. The average molecular weight is 311 g/mol. The van der Waals surface area contributed by atoms with Crippen LogP contribution in [-0.2, 0) is 17.6 Å². The van der Waals surface area contributed by atoms with Gasteiger partial charge in [0.25, 0.3) is 0 Å². The Labute approximate surface area is 136 Å². The third-order valence-corrected chi connectivity index (χ3v) is 4.04. The first-order valence-corrected chi connectivity index (χ1v) is 8.05. The quantitative estimate of drug-likeness (QED) is 0.916. The first kappa shape index (κ1) is 15.4. The van der Waals surface area contributed by atoms with E-state index in [1.54, 1.807) is 4.90 Å². The van der Waals surface area contributed by atoms with Crippen molar-refractivity contribution in [2.24, 2.45) is 0 Å². The molecule has 1 saturated heterocycles. The molecule has 1 fully saturated rings. The predicted molar refractivity (Wildman–Crippen MR) is 89.4 cm³/mol. The first-order valence-electron chi connectivity index (χ1n) is 8.05. The van der Waals surface area contributed by atoms with Crippen LogP contribution in [0.1, 0.15) is 31.7 Å². The van der Waals surface area contributed by atoms with Crippen LogP contribution in [0.4, 0.5) is 11.6 Å². The highest BCUT2D eigenvalue weighted by atomic mass is 16.2. The van der Waals surface area contributed by atoms with Crippen LogP contribution in [-0.4, -0.2) is 33.7 Å². The average Bonchev–Trinajstić information content (AvgIpc) is 2.95. The van der Waals surface area contributed by atoms with Gasteiger partial charge in [-0.05, 0) is 25.0 Å². The minimum absolute atomic E-state index is 0.00156. The van der Waals surface area contributed by atoms with E-state index in [-0.39, 0.29) is 11.9 Å². The van der Waals surface area contributed by atoms with Gasteiger partial charge >= 0.3 is 0 Å². The van der Waals surface area contributed by atoms with Crippen LogP contribution in [0.3, 0.4) is 0 Å². The Morgan fingerprint density at radius 2 is 1.87 bits per heavy atom. The Hall–Kier alpha value is -2.50. The number of carbonyl (C=O) groups excluding carboxylic acids is 1. The number of nitrogens with one attached hydrogen (secondary N) is 1.